The molecule has 0 saturated carbocycles. The van der Waals surface area contributed by atoms with Crippen LogP contribution in [0.4, 0.5) is 0 Å². The van der Waals surface area contributed by atoms with Crippen molar-refractivity contribution < 1.29 is 5.11 Å². The third-order valence-electron chi connectivity index (χ3n) is 5.18. The van der Waals surface area contributed by atoms with Crippen LogP contribution in [0.2, 0.25) is 0 Å². The van der Waals surface area contributed by atoms with E-state index < -0.39 is 0 Å². The van der Waals surface area contributed by atoms with Gasteiger partial charge in [-0.1, -0.05) is 59.6 Å². The second kappa shape index (κ2) is 7.01. The van der Waals surface area contributed by atoms with Crippen LogP contribution >= 0.6 is 0 Å². The van der Waals surface area contributed by atoms with Gasteiger partial charge in [0.2, 0.25) is 0 Å². The van der Waals surface area contributed by atoms with Gasteiger partial charge < -0.3 is 9.67 Å². The van der Waals surface area contributed by atoms with Crippen LogP contribution in [0.25, 0.3) is 21.8 Å². The first-order chi connectivity index (χ1) is 12.6. The van der Waals surface area contributed by atoms with E-state index in [0.29, 0.717) is 6.54 Å². The highest BCUT2D eigenvalue weighted by Gasteiger charge is 2.14. The Morgan fingerprint density at radius 2 is 1.62 bits per heavy atom. The number of hydrogen-bond donors (Lipinski definition) is 1. The summed E-state index contributed by atoms with van der Waals surface area (Å²) in [6.45, 7) is 2.76. The lowest BCUT2D eigenvalue weighted by Crippen LogP contribution is -2.16. The average molecular weight is 341 g/mol. The molecule has 3 aromatic carbocycles. The number of aliphatic hydroxyl groups is 1. The fraction of sp³-hybridized carbons (Fsp3) is 0.217. The number of aryl methyl sites for hydroxylation is 2. The lowest BCUT2D eigenvalue weighted by molar-refractivity contribution is 0.147. The summed E-state index contributed by atoms with van der Waals surface area (Å²) in [5.74, 6) is 0. The fourth-order valence-electron chi connectivity index (χ4n) is 3.81. The molecule has 1 atom stereocenters. The summed E-state index contributed by atoms with van der Waals surface area (Å²) in [7, 11) is 2.13. The maximum absolute atomic E-state index is 10.7. The molecule has 130 valence electrons. The summed E-state index contributed by atoms with van der Waals surface area (Å²) >= 11 is 0. The number of aromatic nitrogens is 1. The smallest absolute Gasteiger partial charge is 0.139 e. The zero-order chi connectivity index (χ0) is 18.1. The van der Waals surface area contributed by atoms with Gasteiger partial charge in [0.25, 0.3) is 0 Å². The van der Waals surface area contributed by atoms with E-state index in [4.69, 9.17) is 0 Å². The molecular formula is C23H24BNO. The van der Waals surface area contributed by atoms with E-state index in [0.717, 1.165) is 12.8 Å². The van der Waals surface area contributed by atoms with Crippen molar-refractivity contribution in [3.63, 3.8) is 0 Å². The SMILES string of the molecule is Bc1ccc2c(c1)c1cc(C)ccc1n2CC(O)CCc1ccccc1. The van der Waals surface area contributed by atoms with Crippen LogP contribution < -0.4 is 5.46 Å². The third kappa shape index (κ3) is 3.27. The molecule has 4 rings (SSSR count). The second-order valence-corrected chi connectivity index (χ2v) is 7.33. The average Bonchev–Trinajstić information content (AvgIpc) is 2.93. The van der Waals surface area contributed by atoms with Crippen molar-refractivity contribution in [3.05, 3.63) is 77.9 Å². The van der Waals surface area contributed by atoms with Crippen molar-refractivity contribution in [2.75, 3.05) is 0 Å². The monoisotopic (exact) mass is 341 g/mol. The number of benzene rings is 3. The summed E-state index contributed by atoms with van der Waals surface area (Å²) in [4.78, 5) is 0. The highest BCUT2D eigenvalue weighted by molar-refractivity contribution is 6.33. The number of nitrogens with zero attached hydrogens (tertiary/aromatic N) is 1. The van der Waals surface area contributed by atoms with E-state index in [-0.39, 0.29) is 6.10 Å². The summed E-state index contributed by atoms with van der Waals surface area (Å²) < 4.78 is 2.28. The first kappa shape index (κ1) is 16.9. The maximum Gasteiger partial charge on any atom is 0.139 e. The van der Waals surface area contributed by atoms with E-state index in [1.165, 1.54) is 38.4 Å². The molecule has 0 amide bonds. The van der Waals surface area contributed by atoms with Gasteiger partial charge in [0.15, 0.2) is 0 Å². The Balaban J connectivity index is 1.66. The van der Waals surface area contributed by atoms with E-state index in [9.17, 15) is 5.11 Å². The Kier molecular flexibility index (Phi) is 4.56. The molecule has 1 aromatic heterocycles. The molecule has 0 bridgehead atoms. The molecule has 0 saturated heterocycles. The van der Waals surface area contributed by atoms with Crippen molar-refractivity contribution in [1.82, 2.24) is 4.57 Å². The van der Waals surface area contributed by atoms with Crippen LogP contribution in [0.1, 0.15) is 17.5 Å². The van der Waals surface area contributed by atoms with Gasteiger partial charge in [-0.2, -0.15) is 0 Å². The second-order valence-electron chi connectivity index (χ2n) is 7.33. The van der Waals surface area contributed by atoms with Crippen LogP contribution in [0, 0.1) is 6.92 Å². The van der Waals surface area contributed by atoms with Gasteiger partial charge in [-0.05, 0) is 43.5 Å². The molecule has 0 aliphatic heterocycles. The zero-order valence-electron chi connectivity index (χ0n) is 15.4. The lowest BCUT2D eigenvalue weighted by atomic mass is 9.94. The largest absolute Gasteiger partial charge is 0.391 e. The molecule has 0 aliphatic rings. The molecule has 0 aliphatic carbocycles. The van der Waals surface area contributed by atoms with Gasteiger partial charge in [0.1, 0.15) is 7.85 Å². The Bertz CT molecular complexity index is 993. The van der Waals surface area contributed by atoms with Crippen LogP contribution in [0.5, 0.6) is 0 Å². The Morgan fingerprint density at radius 1 is 0.923 bits per heavy atom. The first-order valence-electron chi connectivity index (χ1n) is 9.33. The summed E-state index contributed by atoms with van der Waals surface area (Å²) in [5, 5.41) is 13.2. The summed E-state index contributed by atoms with van der Waals surface area (Å²) in [6.07, 6.45) is 1.30. The molecule has 1 heterocycles. The van der Waals surface area contributed by atoms with Crippen molar-refractivity contribution in [2.24, 2.45) is 0 Å². The van der Waals surface area contributed by atoms with Gasteiger partial charge in [0.05, 0.1) is 6.10 Å². The van der Waals surface area contributed by atoms with Gasteiger partial charge >= 0.3 is 0 Å². The molecule has 0 radical (unpaired) electrons. The van der Waals surface area contributed by atoms with E-state index in [2.05, 4.69) is 80.0 Å². The molecule has 26 heavy (non-hydrogen) atoms. The topological polar surface area (TPSA) is 25.2 Å². The summed E-state index contributed by atoms with van der Waals surface area (Å²) in [6, 6.07) is 23.6. The lowest BCUT2D eigenvalue weighted by Gasteiger charge is -2.14. The molecule has 4 aromatic rings. The first-order valence-corrected chi connectivity index (χ1v) is 9.33. The van der Waals surface area contributed by atoms with Gasteiger partial charge in [0, 0.05) is 28.4 Å². The van der Waals surface area contributed by atoms with Crippen molar-refractivity contribution >= 4 is 35.1 Å². The number of hydrogen-bond acceptors (Lipinski definition) is 1. The minimum absolute atomic E-state index is 0.364. The van der Waals surface area contributed by atoms with E-state index >= 15 is 0 Å². The van der Waals surface area contributed by atoms with E-state index in [1.807, 2.05) is 6.07 Å². The molecule has 1 N–H and O–H groups in total. The molecule has 0 fully saturated rings. The number of fused-ring (bicyclic) bond motifs is 3. The Labute approximate surface area is 155 Å². The van der Waals surface area contributed by atoms with Crippen LogP contribution in [0.3, 0.4) is 0 Å². The minimum atomic E-state index is -0.364. The predicted molar refractivity (Wildman–Crippen MR) is 113 cm³/mol. The third-order valence-corrected chi connectivity index (χ3v) is 5.18. The zero-order valence-corrected chi connectivity index (χ0v) is 15.4. The highest BCUT2D eigenvalue weighted by Crippen LogP contribution is 2.29. The highest BCUT2D eigenvalue weighted by atomic mass is 16.3. The normalized spacial score (nSPS) is 12.7. The van der Waals surface area contributed by atoms with E-state index in [1.54, 1.807) is 0 Å². The molecule has 1 unspecified atom stereocenters. The van der Waals surface area contributed by atoms with Crippen LogP contribution in [-0.2, 0) is 13.0 Å². The molecule has 3 heteroatoms. The Hall–Kier alpha value is -2.52. The van der Waals surface area contributed by atoms with Crippen molar-refractivity contribution in [3.8, 4) is 0 Å². The fourth-order valence-corrected chi connectivity index (χ4v) is 3.81. The molecule has 2 nitrogen and oxygen atoms in total. The van der Waals surface area contributed by atoms with Crippen LogP contribution in [0.15, 0.2) is 66.7 Å². The van der Waals surface area contributed by atoms with Gasteiger partial charge in [-0.15, -0.1) is 0 Å². The number of aliphatic hydroxyl groups excluding tert-OH is 1. The Morgan fingerprint density at radius 3 is 2.38 bits per heavy atom. The molecular weight excluding hydrogens is 317 g/mol. The van der Waals surface area contributed by atoms with Gasteiger partial charge in [-0.3, -0.25) is 0 Å². The number of rotatable bonds is 5. The van der Waals surface area contributed by atoms with Gasteiger partial charge in [-0.25, -0.2) is 0 Å². The quantitative estimate of drug-likeness (QED) is 0.554. The predicted octanol–water partition coefficient (Wildman–Crippen LogP) is 3.36. The van der Waals surface area contributed by atoms with Crippen LogP contribution in [-0.4, -0.2) is 23.6 Å². The van der Waals surface area contributed by atoms with Crippen molar-refractivity contribution in [1.29, 1.82) is 0 Å². The summed E-state index contributed by atoms with van der Waals surface area (Å²) in [5.41, 5.74) is 6.22. The minimum Gasteiger partial charge on any atom is -0.391 e. The molecule has 0 spiro atoms. The standard InChI is InChI=1S/C23H24BNO/c1-16-7-11-22-20(13-16)21-14-18(24)9-12-23(21)25(22)15-19(26)10-8-17-5-3-2-4-6-17/h2-7,9,11-14,19,26H,8,10,15,24H2,1H3. The van der Waals surface area contributed by atoms with Crippen molar-refractivity contribution in [2.45, 2.75) is 32.4 Å². The maximum atomic E-state index is 10.7.